The molecule has 16 rings (SSSR count). The van der Waals surface area contributed by atoms with E-state index in [4.69, 9.17) is 0 Å². The van der Waals surface area contributed by atoms with Crippen LogP contribution < -0.4 is 26.2 Å². The zero-order valence-corrected chi connectivity index (χ0v) is 39.1. The van der Waals surface area contributed by atoms with Crippen LogP contribution in [-0.4, -0.2) is 20.4 Å². The second-order valence-corrected chi connectivity index (χ2v) is 19.3. The van der Waals surface area contributed by atoms with E-state index in [1.165, 1.54) is 105 Å². The summed E-state index contributed by atoms with van der Waals surface area (Å²) in [7, 11) is 0. The lowest BCUT2D eigenvalue weighted by molar-refractivity contribution is 1.16. The van der Waals surface area contributed by atoms with Crippen molar-refractivity contribution in [2.75, 3.05) is 9.80 Å². The van der Waals surface area contributed by atoms with Gasteiger partial charge in [0.2, 0.25) is 0 Å². The summed E-state index contributed by atoms with van der Waals surface area (Å²) >= 11 is 0. The van der Waals surface area contributed by atoms with E-state index in [1.54, 1.807) is 0 Å². The average molecular weight is 916 g/mol. The van der Waals surface area contributed by atoms with Gasteiger partial charge in [0.1, 0.15) is 0 Å². The van der Waals surface area contributed by atoms with Gasteiger partial charge in [0.15, 0.2) is 0 Å². The van der Waals surface area contributed by atoms with Crippen molar-refractivity contribution in [2.45, 2.75) is 0 Å². The Morgan fingerprint density at radius 2 is 0.556 bits per heavy atom. The highest BCUT2D eigenvalue weighted by Gasteiger charge is 2.43. The number of fused-ring (bicyclic) bond motifs is 13. The second-order valence-electron chi connectivity index (χ2n) is 19.3. The van der Waals surface area contributed by atoms with Crippen LogP contribution in [0.2, 0.25) is 0 Å². The minimum absolute atomic E-state index is 0.0331. The number of nitrogens with zero attached hydrogens (tertiary/aromatic N) is 5. The van der Waals surface area contributed by atoms with Crippen molar-refractivity contribution < 1.29 is 0 Å². The zero-order valence-electron chi connectivity index (χ0n) is 39.1. The Morgan fingerprint density at radius 3 is 0.972 bits per heavy atom. The Morgan fingerprint density at radius 1 is 0.222 bits per heavy atom. The first-order valence-corrected chi connectivity index (χ1v) is 24.9. The van der Waals surface area contributed by atoms with E-state index in [0.29, 0.717) is 0 Å². The van der Waals surface area contributed by atoms with Gasteiger partial charge in [-0.3, -0.25) is 0 Å². The Hall–Kier alpha value is -9.52. The van der Waals surface area contributed by atoms with Gasteiger partial charge in [-0.25, -0.2) is 0 Å². The molecule has 2 aliphatic heterocycles. The predicted octanol–water partition coefficient (Wildman–Crippen LogP) is 15.1. The zero-order chi connectivity index (χ0) is 47.0. The summed E-state index contributed by atoms with van der Waals surface area (Å²) in [6.45, 7) is -0.0331. The third kappa shape index (κ3) is 5.43. The minimum atomic E-state index is -0.0331. The van der Waals surface area contributed by atoms with Gasteiger partial charge in [-0.2, -0.15) is 0 Å². The van der Waals surface area contributed by atoms with Gasteiger partial charge < -0.3 is 23.5 Å². The maximum atomic E-state index is 2.50. The van der Waals surface area contributed by atoms with Gasteiger partial charge in [-0.15, -0.1) is 0 Å². The Labute approximate surface area is 416 Å². The van der Waals surface area contributed by atoms with Crippen LogP contribution in [0.1, 0.15) is 0 Å². The Balaban J connectivity index is 0.929. The molecule has 0 N–H and O–H groups in total. The van der Waals surface area contributed by atoms with Crippen LogP contribution in [-0.2, 0) is 0 Å². The summed E-state index contributed by atoms with van der Waals surface area (Å²) in [5, 5.41) is 7.48. The summed E-state index contributed by atoms with van der Waals surface area (Å²) < 4.78 is 7.33. The van der Waals surface area contributed by atoms with E-state index in [9.17, 15) is 0 Å². The normalized spacial score (nSPS) is 12.9. The van der Waals surface area contributed by atoms with Gasteiger partial charge >= 0.3 is 0 Å². The lowest BCUT2D eigenvalue weighted by Crippen LogP contribution is -2.61. The molecule has 0 bridgehead atoms. The van der Waals surface area contributed by atoms with Gasteiger partial charge in [-0.05, 0) is 126 Å². The molecule has 0 amide bonds. The summed E-state index contributed by atoms with van der Waals surface area (Å²) in [5.74, 6) is 0. The van der Waals surface area contributed by atoms with Crippen LogP contribution in [0.5, 0.6) is 0 Å². The SMILES string of the molecule is c1ccc(N2c3cc(-n4c5ccccc5c5ccccc54)ccc3B3c4ccc(-n5c6ccccc6c6cc(-n7c8ccccc8c8ccccc87)ccc65)cc4N(c4ccccc4)c4cccc2c43)cc1. The van der Waals surface area contributed by atoms with E-state index >= 15 is 0 Å². The first-order valence-electron chi connectivity index (χ1n) is 24.9. The molecule has 5 nitrogen and oxygen atoms in total. The van der Waals surface area contributed by atoms with Gasteiger partial charge in [0, 0.05) is 83.5 Å². The monoisotopic (exact) mass is 915 g/mol. The second kappa shape index (κ2) is 15.0. The molecule has 334 valence electrons. The van der Waals surface area contributed by atoms with Crippen molar-refractivity contribution in [2.24, 2.45) is 0 Å². The average Bonchev–Trinajstić information content (AvgIpc) is 4.09. The van der Waals surface area contributed by atoms with E-state index in [1.807, 2.05) is 0 Å². The highest BCUT2D eigenvalue weighted by atomic mass is 15.2. The fraction of sp³-hybridized carbons (Fsp3) is 0. The number of para-hydroxylation sites is 7. The first kappa shape index (κ1) is 39.3. The van der Waals surface area contributed by atoms with E-state index in [-0.39, 0.29) is 6.71 Å². The first-order chi connectivity index (χ1) is 35.8. The van der Waals surface area contributed by atoms with Crippen LogP contribution in [0.15, 0.2) is 255 Å². The maximum Gasteiger partial charge on any atom is 0.252 e. The van der Waals surface area contributed by atoms with Crippen molar-refractivity contribution in [1.82, 2.24) is 13.7 Å². The highest BCUT2D eigenvalue weighted by Crippen LogP contribution is 2.46. The van der Waals surface area contributed by atoms with Crippen LogP contribution in [0.4, 0.5) is 34.1 Å². The molecular formula is C66H42BN5. The van der Waals surface area contributed by atoms with Crippen molar-refractivity contribution in [1.29, 1.82) is 0 Å². The topological polar surface area (TPSA) is 21.3 Å². The molecule has 0 atom stereocenters. The van der Waals surface area contributed by atoms with Gasteiger partial charge in [0.25, 0.3) is 6.71 Å². The molecule has 3 aromatic heterocycles. The van der Waals surface area contributed by atoms with E-state index in [2.05, 4.69) is 278 Å². The molecule has 11 aromatic carbocycles. The molecule has 5 heterocycles. The highest BCUT2D eigenvalue weighted by molar-refractivity contribution is 7.00. The fourth-order valence-corrected chi connectivity index (χ4v) is 12.7. The number of benzene rings is 11. The summed E-state index contributed by atoms with van der Waals surface area (Å²) in [5.41, 5.74) is 21.4. The number of hydrogen-bond donors (Lipinski definition) is 0. The van der Waals surface area contributed by atoms with Crippen molar-refractivity contribution in [3.8, 4) is 17.1 Å². The third-order valence-electron chi connectivity index (χ3n) is 15.6. The van der Waals surface area contributed by atoms with Gasteiger partial charge in [0.05, 0.1) is 33.1 Å². The standard InChI is InChI=1S/C66H42BN5/c1-3-18-43(19-4-1)68-62-32-17-33-63-66(62)67(54-37-34-46(41-64(54)68)71-58-29-14-9-24-50(58)51-25-10-15-30-59(51)71)55-38-35-47(42-65(55)69(63)44-20-5-2-6-21-44)72-60-31-16-11-26-52(60)53-40-45(36-39-61(53)72)70-56-27-12-7-22-48(56)49-23-8-13-28-57(49)70/h1-42H. The largest absolute Gasteiger partial charge is 0.311 e. The molecular weight excluding hydrogens is 874 g/mol. The summed E-state index contributed by atoms with van der Waals surface area (Å²) in [6, 6.07) is 94.1. The van der Waals surface area contributed by atoms with E-state index < -0.39 is 0 Å². The molecule has 0 saturated heterocycles. The lowest BCUT2D eigenvalue weighted by atomic mass is 9.33. The number of anilines is 6. The molecule has 72 heavy (non-hydrogen) atoms. The molecule has 0 aliphatic carbocycles. The maximum absolute atomic E-state index is 2.50. The minimum Gasteiger partial charge on any atom is -0.311 e. The molecule has 0 spiro atoms. The van der Waals surface area contributed by atoms with Crippen molar-refractivity contribution in [3.05, 3.63) is 255 Å². The summed E-state index contributed by atoms with van der Waals surface area (Å²) in [6.07, 6.45) is 0. The van der Waals surface area contributed by atoms with Crippen molar-refractivity contribution >= 4 is 123 Å². The molecule has 2 aliphatic rings. The van der Waals surface area contributed by atoms with Crippen LogP contribution in [0.25, 0.3) is 82.5 Å². The third-order valence-corrected chi connectivity index (χ3v) is 15.6. The van der Waals surface area contributed by atoms with Crippen LogP contribution in [0, 0.1) is 0 Å². The molecule has 14 aromatic rings. The lowest BCUT2D eigenvalue weighted by Gasteiger charge is -2.44. The smallest absolute Gasteiger partial charge is 0.252 e. The summed E-state index contributed by atoms with van der Waals surface area (Å²) in [4.78, 5) is 5.00. The number of rotatable bonds is 5. The molecule has 0 unspecified atom stereocenters. The number of hydrogen-bond acceptors (Lipinski definition) is 2. The fourth-order valence-electron chi connectivity index (χ4n) is 12.7. The van der Waals surface area contributed by atoms with E-state index in [0.717, 1.165) is 28.4 Å². The molecule has 0 fully saturated rings. The molecule has 6 heteroatoms. The number of aromatic nitrogens is 3. The quantitative estimate of drug-likeness (QED) is 0.160. The molecule has 0 radical (unpaired) electrons. The van der Waals surface area contributed by atoms with Crippen molar-refractivity contribution in [3.63, 3.8) is 0 Å². The Bertz CT molecular complexity index is 4440. The van der Waals surface area contributed by atoms with Crippen LogP contribution in [0.3, 0.4) is 0 Å². The van der Waals surface area contributed by atoms with Gasteiger partial charge in [-0.1, -0.05) is 146 Å². The predicted molar refractivity (Wildman–Crippen MR) is 303 cm³/mol. The Kier molecular flexibility index (Phi) is 8.19. The molecule has 0 saturated carbocycles. The van der Waals surface area contributed by atoms with Crippen LogP contribution >= 0.6 is 0 Å².